The number of rotatable bonds is 4. The minimum Gasteiger partial charge on any atom is -0.493 e. The fourth-order valence-corrected chi connectivity index (χ4v) is 2.13. The first-order chi connectivity index (χ1) is 8.24. The molecule has 4 heteroatoms. The molecule has 2 rings (SSSR count). The van der Waals surface area contributed by atoms with Gasteiger partial charge in [0.15, 0.2) is 11.5 Å². The maximum absolute atomic E-state index is 5.32. The first-order valence-corrected chi connectivity index (χ1v) is 5.94. The van der Waals surface area contributed by atoms with Crippen molar-refractivity contribution < 1.29 is 9.47 Å². The van der Waals surface area contributed by atoms with Crippen molar-refractivity contribution in [3.05, 3.63) is 17.7 Å². The Morgan fingerprint density at radius 1 is 1.24 bits per heavy atom. The van der Waals surface area contributed by atoms with Gasteiger partial charge in [0.2, 0.25) is 0 Å². The van der Waals surface area contributed by atoms with Gasteiger partial charge in [0, 0.05) is 24.3 Å². The Hall–Kier alpha value is -1.42. The third-order valence-electron chi connectivity index (χ3n) is 3.15. The number of hydrogen-bond donors (Lipinski definition) is 2. The van der Waals surface area contributed by atoms with Gasteiger partial charge in [-0.3, -0.25) is 0 Å². The normalized spacial score (nSPS) is 19.1. The number of aryl methyl sites for hydroxylation is 1. The number of anilines is 1. The van der Waals surface area contributed by atoms with Crippen molar-refractivity contribution in [1.29, 1.82) is 0 Å². The quantitative estimate of drug-likeness (QED) is 0.836. The van der Waals surface area contributed by atoms with Crippen LogP contribution in [-0.2, 0) is 0 Å². The summed E-state index contributed by atoms with van der Waals surface area (Å²) in [6.45, 7) is 4.18. The van der Waals surface area contributed by atoms with E-state index in [1.807, 2.05) is 12.1 Å². The van der Waals surface area contributed by atoms with Gasteiger partial charge < -0.3 is 20.1 Å². The number of benzene rings is 1. The molecule has 1 atom stereocenters. The van der Waals surface area contributed by atoms with E-state index in [1.165, 1.54) is 5.56 Å². The zero-order valence-corrected chi connectivity index (χ0v) is 10.7. The monoisotopic (exact) mass is 236 g/mol. The zero-order valence-electron chi connectivity index (χ0n) is 10.7. The molecule has 4 nitrogen and oxygen atoms in total. The van der Waals surface area contributed by atoms with Crippen LogP contribution in [0, 0.1) is 6.92 Å². The molecule has 1 aliphatic rings. The number of methoxy groups -OCH3 is 2. The van der Waals surface area contributed by atoms with Crippen molar-refractivity contribution >= 4 is 5.69 Å². The highest BCUT2D eigenvalue weighted by atomic mass is 16.5. The first kappa shape index (κ1) is 12.0. The predicted molar refractivity (Wildman–Crippen MR) is 69.2 cm³/mol. The van der Waals surface area contributed by atoms with Gasteiger partial charge in [-0.05, 0) is 31.5 Å². The van der Waals surface area contributed by atoms with E-state index in [1.54, 1.807) is 14.2 Å². The molecule has 0 saturated carbocycles. The van der Waals surface area contributed by atoms with E-state index in [0.717, 1.165) is 36.7 Å². The van der Waals surface area contributed by atoms with Crippen molar-refractivity contribution in [2.45, 2.75) is 19.4 Å². The van der Waals surface area contributed by atoms with E-state index in [2.05, 4.69) is 17.6 Å². The van der Waals surface area contributed by atoms with Crippen LogP contribution in [-0.4, -0.2) is 33.4 Å². The van der Waals surface area contributed by atoms with E-state index >= 15 is 0 Å². The van der Waals surface area contributed by atoms with Gasteiger partial charge in [-0.1, -0.05) is 0 Å². The van der Waals surface area contributed by atoms with Crippen molar-refractivity contribution in [3.8, 4) is 11.5 Å². The van der Waals surface area contributed by atoms with Gasteiger partial charge in [0.1, 0.15) is 0 Å². The Bertz CT molecular complexity index is 387. The fourth-order valence-electron chi connectivity index (χ4n) is 2.13. The van der Waals surface area contributed by atoms with Crippen LogP contribution in [0.4, 0.5) is 5.69 Å². The average molecular weight is 236 g/mol. The summed E-state index contributed by atoms with van der Waals surface area (Å²) in [7, 11) is 3.32. The highest BCUT2D eigenvalue weighted by Crippen LogP contribution is 2.33. The molecule has 1 heterocycles. The largest absolute Gasteiger partial charge is 0.493 e. The Kier molecular flexibility index (Phi) is 3.74. The molecule has 0 spiro atoms. The second-order valence-corrected chi connectivity index (χ2v) is 4.36. The Labute approximate surface area is 102 Å². The lowest BCUT2D eigenvalue weighted by molar-refractivity contribution is 0.355. The molecule has 1 saturated heterocycles. The Morgan fingerprint density at radius 3 is 2.53 bits per heavy atom. The van der Waals surface area contributed by atoms with E-state index in [9.17, 15) is 0 Å². The molecular formula is C13H20N2O2. The molecule has 1 fully saturated rings. The van der Waals surface area contributed by atoms with Gasteiger partial charge in [-0.2, -0.15) is 0 Å². The molecule has 1 aromatic rings. The molecule has 1 unspecified atom stereocenters. The summed E-state index contributed by atoms with van der Waals surface area (Å²) in [6.07, 6.45) is 1.16. The lowest BCUT2D eigenvalue weighted by Crippen LogP contribution is -2.22. The van der Waals surface area contributed by atoms with E-state index in [4.69, 9.17) is 9.47 Å². The molecule has 2 N–H and O–H groups in total. The minimum atomic E-state index is 0.506. The van der Waals surface area contributed by atoms with Crippen LogP contribution in [0.3, 0.4) is 0 Å². The van der Waals surface area contributed by atoms with Crippen LogP contribution in [0.25, 0.3) is 0 Å². The molecule has 0 bridgehead atoms. The zero-order chi connectivity index (χ0) is 12.3. The predicted octanol–water partition coefficient (Wildman–Crippen LogP) is 1.79. The van der Waals surface area contributed by atoms with Crippen LogP contribution in [0.2, 0.25) is 0 Å². The average Bonchev–Trinajstić information content (AvgIpc) is 2.84. The molecular weight excluding hydrogens is 216 g/mol. The van der Waals surface area contributed by atoms with Crippen LogP contribution in [0.1, 0.15) is 12.0 Å². The summed E-state index contributed by atoms with van der Waals surface area (Å²) < 4.78 is 10.6. The summed E-state index contributed by atoms with van der Waals surface area (Å²) in [4.78, 5) is 0. The molecule has 94 valence electrons. The molecule has 1 aromatic carbocycles. The smallest absolute Gasteiger partial charge is 0.162 e. The van der Waals surface area contributed by atoms with Gasteiger partial charge in [-0.15, -0.1) is 0 Å². The maximum Gasteiger partial charge on any atom is 0.162 e. The van der Waals surface area contributed by atoms with E-state index < -0.39 is 0 Å². The lowest BCUT2D eigenvalue weighted by atomic mass is 10.1. The summed E-state index contributed by atoms with van der Waals surface area (Å²) >= 11 is 0. The second-order valence-electron chi connectivity index (χ2n) is 4.36. The van der Waals surface area contributed by atoms with Gasteiger partial charge >= 0.3 is 0 Å². The second kappa shape index (κ2) is 5.27. The summed E-state index contributed by atoms with van der Waals surface area (Å²) in [6, 6.07) is 4.52. The highest BCUT2D eigenvalue weighted by molar-refractivity contribution is 5.60. The van der Waals surface area contributed by atoms with Crippen LogP contribution in [0.15, 0.2) is 12.1 Å². The van der Waals surface area contributed by atoms with Crippen LogP contribution < -0.4 is 20.1 Å². The van der Waals surface area contributed by atoms with Crippen molar-refractivity contribution in [3.63, 3.8) is 0 Å². The van der Waals surface area contributed by atoms with Crippen molar-refractivity contribution in [1.82, 2.24) is 5.32 Å². The molecule has 0 aliphatic carbocycles. The topological polar surface area (TPSA) is 42.5 Å². The Balaban J connectivity index is 2.20. The molecule has 0 amide bonds. The van der Waals surface area contributed by atoms with Crippen LogP contribution >= 0.6 is 0 Å². The standard InChI is InChI=1S/C13H20N2O2/c1-9-6-12(16-2)13(17-3)7-11(9)15-10-4-5-14-8-10/h6-7,10,14-15H,4-5,8H2,1-3H3. The molecule has 17 heavy (non-hydrogen) atoms. The van der Waals surface area contributed by atoms with E-state index in [-0.39, 0.29) is 0 Å². The van der Waals surface area contributed by atoms with Crippen LogP contribution in [0.5, 0.6) is 11.5 Å². The molecule has 0 aromatic heterocycles. The maximum atomic E-state index is 5.32. The van der Waals surface area contributed by atoms with Gasteiger partial charge in [-0.25, -0.2) is 0 Å². The summed E-state index contributed by atoms with van der Waals surface area (Å²) in [5.41, 5.74) is 2.30. The minimum absolute atomic E-state index is 0.506. The molecule has 1 aliphatic heterocycles. The number of ether oxygens (including phenoxy) is 2. The third-order valence-corrected chi connectivity index (χ3v) is 3.15. The van der Waals surface area contributed by atoms with E-state index in [0.29, 0.717) is 6.04 Å². The summed E-state index contributed by atoms with van der Waals surface area (Å²) in [5.74, 6) is 1.55. The SMILES string of the molecule is COc1cc(C)c(NC2CCNC2)cc1OC. The molecule has 0 radical (unpaired) electrons. The summed E-state index contributed by atoms with van der Waals surface area (Å²) in [5, 5.41) is 6.88. The Morgan fingerprint density at radius 2 is 1.94 bits per heavy atom. The van der Waals surface area contributed by atoms with Crippen molar-refractivity contribution in [2.75, 3.05) is 32.6 Å². The number of nitrogens with one attached hydrogen (secondary N) is 2. The van der Waals surface area contributed by atoms with Gasteiger partial charge in [0.05, 0.1) is 14.2 Å². The number of hydrogen-bond acceptors (Lipinski definition) is 4. The van der Waals surface area contributed by atoms with Gasteiger partial charge in [0.25, 0.3) is 0 Å². The third kappa shape index (κ3) is 2.64. The van der Waals surface area contributed by atoms with Crippen molar-refractivity contribution in [2.24, 2.45) is 0 Å². The lowest BCUT2D eigenvalue weighted by Gasteiger charge is -2.17. The highest BCUT2D eigenvalue weighted by Gasteiger charge is 2.16. The fraction of sp³-hybridized carbons (Fsp3) is 0.538. The first-order valence-electron chi connectivity index (χ1n) is 5.94.